The van der Waals surface area contributed by atoms with Crippen LogP contribution in [0.25, 0.3) is 10.6 Å². The molecular weight excluding hydrogens is 330 g/mol. The summed E-state index contributed by atoms with van der Waals surface area (Å²) in [5.41, 5.74) is 0.970. The summed E-state index contributed by atoms with van der Waals surface area (Å²) in [6, 6.07) is 6.22. The number of carbonyl (C=O) groups is 1. The molecule has 8 heteroatoms. The fourth-order valence-corrected chi connectivity index (χ4v) is 3.61. The minimum atomic E-state index is -0.452. The largest absolute Gasteiger partial charge is 0.396 e. The average molecular weight is 347 g/mol. The van der Waals surface area contributed by atoms with Crippen molar-refractivity contribution in [1.29, 1.82) is 0 Å². The molecule has 24 heavy (non-hydrogen) atoms. The van der Waals surface area contributed by atoms with E-state index in [9.17, 15) is 20.0 Å². The molecule has 0 spiro atoms. The second-order valence-electron chi connectivity index (χ2n) is 5.79. The van der Waals surface area contributed by atoms with Crippen molar-refractivity contribution in [3.8, 4) is 10.6 Å². The topological polar surface area (TPSA) is 96.6 Å². The second-order valence-corrected chi connectivity index (χ2v) is 6.65. The van der Waals surface area contributed by atoms with Gasteiger partial charge >= 0.3 is 0 Å². The van der Waals surface area contributed by atoms with Crippen molar-refractivity contribution in [3.63, 3.8) is 0 Å². The molecule has 126 valence electrons. The van der Waals surface area contributed by atoms with Crippen LogP contribution < -0.4 is 0 Å². The number of nitro groups is 1. The lowest BCUT2D eigenvalue weighted by molar-refractivity contribution is -0.384. The highest BCUT2D eigenvalue weighted by Crippen LogP contribution is 2.28. The molecule has 2 heterocycles. The number of thiazole rings is 1. The van der Waals surface area contributed by atoms with Crippen molar-refractivity contribution in [2.45, 2.75) is 12.8 Å². The zero-order valence-electron chi connectivity index (χ0n) is 12.9. The Morgan fingerprint density at radius 2 is 2.33 bits per heavy atom. The highest BCUT2D eigenvalue weighted by atomic mass is 32.1. The van der Waals surface area contributed by atoms with Gasteiger partial charge in [-0.25, -0.2) is 4.98 Å². The van der Waals surface area contributed by atoms with Gasteiger partial charge in [0.15, 0.2) is 0 Å². The standard InChI is InChI=1S/C16H17N3O4S/c20-9-11-3-2-6-18(8-11)16(21)14-10-24-15(17-14)12-4-1-5-13(7-12)19(22)23/h1,4-5,7,10-11,20H,2-3,6,8-9H2. The predicted molar refractivity (Wildman–Crippen MR) is 89.9 cm³/mol. The van der Waals surface area contributed by atoms with Crippen LogP contribution in [0.2, 0.25) is 0 Å². The maximum absolute atomic E-state index is 12.6. The number of likely N-dealkylation sites (tertiary alicyclic amines) is 1. The van der Waals surface area contributed by atoms with Crippen molar-refractivity contribution >= 4 is 22.9 Å². The number of hydrogen-bond donors (Lipinski definition) is 1. The lowest BCUT2D eigenvalue weighted by atomic mass is 9.99. The summed E-state index contributed by atoms with van der Waals surface area (Å²) >= 11 is 1.29. The number of carbonyl (C=O) groups excluding carboxylic acids is 1. The molecule has 1 aliphatic heterocycles. The Balaban J connectivity index is 1.79. The van der Waals surface area contributed by atoms with E-state index >= 15 is 0 Å². The minimum Gasteiger partial charge on any atom is -0.396 e. The van der Waals surface area contributed by atoms with Crippen LogP contribution in [0, 0.1) is 16.0 Å². The minimum absolute atomic E-state index is 0.00241. The maximum Gasteiger partial charge on any atom is 0.273 e. The number of nitrogens with zero attached hydrogens (tertiary/aromatic N) is 3. The summed E-state index contributed by atoms with van der Waals surface area (Å²) < 4.78 is 0. The van der Waals surface area contributed by atoms with E-state index in [2.05, 4.69) is 4.98 Å². The smallest absolute Gasteiger partial charge is 0.273 e. The Bertz CT molecular complexity index is 761. The summed E-state index contributed by atoms with van der Waals surface area (Å²) in [5.74, 6) is -0.0290. The predicted octanol–water partition coefficient (Wildman–Crippen LogP) is 2.56. The number of amides is 1. The Morgan fingerprint density at radius 3 is 3.08 bits per heavy atom. The molecule has 0 bridgehead atoms. The fourth-order valence-electron chi connectivity index (χ4n) is 2.82. The third kappa shape index (κ3) is 3.44. The summed E-state index contributed by atoms with van der Waals surface area (Å²) in [4.78, 5) is 29.0. The van der Waals surface area contributed by atoms with E-state index in [1.54, 1.807) is 22.4 Å². The average Bonchev–Trinajstić information content (AvgIpc) is 3.11. The Morgan fingerprint density at radius 1 is 1.50 bits per heavy atom. The molecule has 1 saturated heterocycles. The highest BCUT2D eigenvalue weighted by Gasteiger charge is 2.25. The van der Waals surface area contributed by atoms with Crippen LogP contribution in [0.3, 0.4) is 0 Å². The lowest BCUT2D eigenvalue weighted by Gasteiger charge is -2.31. The molecule has 1 fully saturated rings. The summed E-state index contributed by atoms with van der Waals surface area (Å²) in [7, 11) is 0. The van der Waals surface area contributed by atoms with Crippen LogP contribution in [0.4, 0.5) is 5.69 Å². The third-order valence-corrected chi connectivity index (χ3v) is 4.98. The van der Waals surface area contributed by atoms with Crippen molar-refractivity contribution in [3.05, 3.63) is 45.5 Å². The van der Waals surface area contributed by atoms with E-state index in [1.165, 1.54) is 23.5 Å². The zero-order valence-corrected chi connectivity index (χ0v) is 13.7. The molecule has 2 aromatic rings. The monoisotopic (exact) mass is 347 g/mol. The van der Waals surface area contributed by atoms with E-state index in [4.69, 9.17) is 0 Å². The van der Waals surface area contributed by atoms with Gasteiger partial charge in [0.25, 0.3) is 11.6 Å². The number of hydrogen-bond acceptors (Lipinski definition) is 6. The molecule has 1 aromatic carbocycles. The zero-order chi connectivity index (χ0) is 17.1. The number of aliphatic hydroxyl groups is 1. The summed E-state index contributed by atoms with van der Waals surface area (Å²) in [6.07, 6.45) is 1.80. The van der Waals surface area contributed by atoms with Crippen LogP contribution in [0.15, 0.2) is 29.6 Å². The molecule has 1 N–H and O–H groups in total. The van der Waals surface area contributed by atoms with E-state index in [-0.39, 0.29) is 24.1 Å². The van der Waals surface area contributed by atoms with Crippen molar-refractivity contribution in [2.24, 2.45) is 5.92 Å². The molecule has 1 amide bonds. The van der Waals surface area contributed by atoms with E-state index in [0.717, 1.165) is 12.8 Å². The van der Waals surface area contributed by atoms with Crippen LogP contribution in [-0.4, -0.2) is 45.5 Å². The van der Waals surface area contributed by atoms with Gasteiger partial charge in [-0.2, -0.15) is 0 Å². The molecule has 1 unspecified atom stereocenters. The number of piperidine rings is 1. The van der Waals surface area contributed by atoms with Crippen LogP contribution in [0.5, 0.6) is 0 Å². The van der Waals surface area contributed by atoms with E-state index < -0.39 is 4.92 Å². The molecule has 0 radical (unpaired) electrons. The fraction of sp³-hybridized carbons (Fsp3) is 0.375. The molecule has 1 aromatic heterocycles. The van der Waals surface area contributed by atoms with Crippen molar-refractivity contribution in [1.82, 2.24) is 9.88 Å². The van der Waals surface area contributed by atoms with Gasteiger partial charge in [-0.15, -0.1) is 11.3 Å². The highest BCUT2D eigenvalue weighted by molar-refractivity contribution is 7.13. The number of benzene rings is 1. The van der Waals surface area contributed by atoms with Gasteiger partial charge in [-0.3, -0.25) is 14.9 Å². The quantitative estimate of drug-likeness (QED) is 0.677. The third-order valence-electron chi connectivity index (χ3n) is 4.09. The Hall–Kier alpha value is -2.32. The number of aliphatic hydroxyl groups excluding tert-OH is 1. The number of rotatable bonds is 4. The van der Waals surface area contributed by atoms with Gasteiger partial charge in [0.1, 0.15) is 10.7 Å². The van der Waals surface area contributed by atoms with E-state index in [1.807, 2.05) is 0 Å². The molecular formula is C16H17N3O4S. The molecule has 7 nitrogen and oxygen atoms in total. The molecule has 0 aliphatic carbocycles. The maximum atomic E-state index is 12.6. The first-order chi connectivity index (χ1) is 11.6. The van der Waals surface area contributed by atoms with Crippen LogP contribution in [0.1, 0.15) is 23.3 Å². The van der Waals surface area contributed by atoms with Gasteiger partial charge in [-0.05, 0) is 18.8 Å². The van der Waals surface area contributed by atoms with Gasteiger partial charge in [0.2, 0.25) is 0 Å². The Labute approximate surface area is 142 Å². The van der Waals surface area contributed by atoms with Crippen molar-refractivity contribution < 1.29 is 14.8 Å². The van der Waals surface area contributed by atoms with Crippen LogP contribution in [-0.2, 0) is 0 Å². The number of aromatic nitrogens is 1. The van der Waals surface area contributed by atoms with Gasteiger partial charge < -0.3 is 10.0 Å². The second kappa shape index (κ2) is 7.06. The molecule has 1 atom stereocenters. The SMILES string of the molecule is O=C(c1csc(-c2cccc([N+](=O)[O-])c2)n1)N1CCCC(CO)C1. The summed E-state index contributed by atoms with van der Waals surface area (Å²) in [5, 5.41) is 22.4. The molecule has 1 aliphatic rings. The van der Waals surface area contributed by atoms with Crippen molar-refractivity contribution in [2.75, 3.05) is 19.7 Å². The first kappa shape index (κ1) is 16.5. The van der Waals surface area contributed by atoms with E-state index in [0.29, 0.717) is 29.4 Å². The molecule has 3 rings (SSSR count). The van der Waals surface area contributed by atoms with Crippen LogP contribution >= 0.6 is 11.3 Å². The number of non-ortho nitro benzene ring substituents is 1. The normalized spacial score (nSPS) is 17.7. The summed E-state index contributed by atoms with van der Waals surface area (Å²) in [6.45, 7) is 1.29. The Kier molecular flexibility index (Phi) is 4.86. The molecule has 0 saturated carbocycles. The first-order valence-corrected chi connectivity index (χ1v) is 8.57. The van der Waals surface area contributed by atoms with Gasteiger partial charge in [0, 0.05) is 42.8 Å². The number of nitro benzene ring substituents is 1. The lowest BCUT2D eigenvalue weighted by Crippen LogP contribution is -2.41. The van der Waals surface area contributed by atoms with Gasteiger partial charge in [0.05, 0.1) is 4.92 Å². The first-order valence-electron chi connectivity index (χ1n) is 7.69. The van der Waals surface area contributed by atoms with Gasteiger partial charge in [-0.1, -0.05) is 12.1 Å².